The van der Waals surface area contributed by atoms with Crippen LogP contribution in [-0.2, 0) is 22.6 Å². The summed E-state index contributed by atoms with van der Waals surface area (Å²) in [6, 6.07) is 7.86. The molecule has 0 radical (unpaired) electrons. The Kier molecular flexibility index (Phi) is 5.76. The Labute approximate surface area is 177 Å². The Morgan fingerprint density at radius 3 is 2.93 bits per heavy atom. The molecule has 9 heteroatoms. The molecular weight excluding hydrogens is 408 g/mol. The Balaban J connectivity index is 1.23. The van der Waals surface area contributed by atoms with Gasteiger partial charge >= 0.3 is 6.03 Å². The maximum Gasteiger partial charge on any atom is 0.325 e. The van der Waals surface area contributed by atoms with E-state index < -0.39 is 12.1 Å². The van der Waals surface area contributed by atoms with Gasteiger partial charge in [0.2, 0.25) is 5.91 Å². The number of furan rings is 1. The fraction of sp³-hybridized carbons (Fsp3) is 0.286. The van der Waals surface area contributed by atoms with Gasteiger partial charge in [-0.15, -0.1) is 0 Å². The molecule has 1 saturated heterocycles. The van der Waals surface area contributed by atoms with Crippen LogP contribution in [0.1, 0.15) is 24.2 Å². The molecule has 1 aromatic carbocycles. The number of nitrogens with one attached hydrogen (secondary N) is 3. The van der Waals surface area contributed by atoms with Gasteiger partial charge in [-0.05, 0) is 48.7 Å². The lowest BCUT2D eigenvalue weighted by atomic mass is 10.1. The highest BCUT2D eigenvalue weighted by molar-refractivity contribution is 6.31. The standard InChI is InChI=1S/C21H21ClN4O4/c22-14-3-4-17-16(10-14)13(11-24-17)7-8-23-19(27)6-5-18-20(28)26(21(29)25-18)12-15-2-1-9-30-15/h1-4,9-11,18,24H,5-8,12H2,(H,23,27)(H,25,29). The summed E-state index contributed by atoms with van der Waals surface area (Å²) in [5.41, 5.74) is 2.06. The molecule has 3 N–H and O–H groups in total. The third-order valence-electron chi connectivity index (χ3n) is 5.11. The monoisotopic (exact) mass is 428 g/mol. The zero-order valence-electron chi connectivity index (χ0n) is 16.1. The van der Waals surface area contributed by atoms with Gasteiger partial charge in [0, 0.05) is 35.1 Å². The van der Waals surface area contributed by atoms with E-state index in [1.54, 1.807) is 12.1 Å². The summed E-state index contributed by atoms with van der Waals surface area (Å²) in [7, 11) is 0. The van der Waals surface area contributed by atoms with Crippen LogP contribution in [0, 0.1) is 0 Å². The van der Waals surface area contributed by atoms with Crippen LogP contribution >= 0.6 is 11.6 Å². The second-order valence-electron chi connectivity index (χ2n) is 7.15. The number of aromatic nitrogens is 1. The van der Waals surface area contributed by atoms with Gasteiger partial charge in [-0.1, -0.05) is 11.6 Å². The van der Waals surface area contributed by atoms with Crippen LogP contribution in [0.4, 0.5) is 4.79 Å². The highest BCUT2D eigenvalue weighted by atomic mass is 35.5. The molecule has 0 saturated carbocycles. The number of hydrogen-bond acceptors (Lipinski definition) is 4. The smallest absolute Gasteiger partial charge is 0.325 e. The summed E-state index contributed by atoms with van der Waals surface area (Å²) < 4.78 is 5.19. The minimum atomic E-state index is -0.700. The van der Waals surface area contributed by atoms with Gasteiger partial charge in [-0.2, -0.15) is 0 Å². The van der Waals surface area contributed by atoms with Gasteiger partial charge in [0.25, 0.3) is 5.91 Å². The van der Waals surface area contributed by atoms with Gasteiger partial charge in [0.05, 0.1) is 12.8 Å². The third-order valence-corrected chi connectivity index (χ3v) is 5.34. The van der Waals surface area contributed by atoms with Crippen LogP contribution in [0.5, 0.6) is 0 Å². The van der Waals surface area contributed by atoms with Crippen molar-refractivity contribution in [2.24, 2.45) is 0 Å². The van der Waals surface area contributed by atoms with E-state index in [4.69, 9.17) is 16.0 Å². The van der Waals surface area contributed by atoms with Crippen molar-refractivity contribution in [1.82, 2.24) is 20.5 Å². The number of nitrogens with zero attached hydrogens (tertiary/aromatic N) is 1. The molecule has 3 aromatic rings. The summed E-state index contributed by atoms with van der Waals surface area (Å²) in [5.74, 6) is 0.00902. The van der Waals surface area contributed by atoms with E-state index in [0.717, 1.165) is 21.4 Å². The van der Waals surface area contributed by atoms with Gasteiger partial charge < -0.3 is 20.0 Å². The van der Waals surface area contributed by atoms with E-state index in [-0.39, 0.29) is 31.2 Å². The van der Waals surface area contributed by atoms with E-state index in [1.165, 1.54) is 6.26 Å². The highest BCUT2D eigenvalue weighted by Crippen LogP contribution is 2.22. The molecule has 3 heterocycles. The molecular formula is C21H21ClN4O4. The van der Waals surface area contributed by atoms with Crippen LogP contribution in [0.2, 0.25) is 5.02 Å². The van der Waals surface area contributed by atoms with Crippen LogP contribution in [-0.4, -0.2) is 40.3 Å². The Hall–Kier alpha value is -3.26. The molecule has 2 aromatic heterocycles. The molecule has 4 rings (SSSR count). The summed E-state index contributed by atoms with van der Waals surface area (Å²) in [6.45, 7) is 0.545. The number of rotatable bonds is 8. The van der Waals surface area contributed by atoms with E-state index >= 15 is 0 Å². The first-order valence-corrected chi connectivity index (χ1v) is 10.1. The summed E-state index contributed by atoms with van der Waals surface area (Å²) in [5, 5.41) is 7.18. The first-order chi connectivity index (χ1) is 14.5. The van der Waals surface area contributed by atoms with Gasteiger partial charge in [0.15, 0.2) is 0 Å². The van der Waals surface area contributed by atoms with Crippen LogP contribution in [0.25, 0.3) is 10.9 Å². The maximum absolute atomic E-state index is 12.4. The molecule has 1 atom stereocenters. The molecule has 8 nitrogen and oxygen atoms in total. The summed E-state index contributed by atoms with van der Waals surface area (Å²) in [4.78, 5) is 40.9. The number of carbonyl (C=O) groups excluding carboxylic acids is 3. The van der Waals surface area contributed by atoms with Crippen molar-refractivity contribution in [3.05, 3.63) is 59.1 Å². The number of carbonyl (C=O) groups is 3. The lowest BCUT2D eigenvalue weighted by molar-refractivity contribution is -0.128. The van der Waals surface area contributed by atoms with Crippen molar-refractivity contribution < 1.29 is 18.8 Å². The maximum atomic E-state index is 12.4. The number of urea groups is 1. The fourth-order valence-electron chi connectivity index (χ4n) is 3.54. The SMILES string of the molecule is O=C(CCC1NC(=O)N(Cc2ccco2)C1=O)NCCc1c[nH]c2ccc(Cl)cc12. The second-order valence-corrected chi connectivity index (χ2v) is 7.58. The first kappa shape index (κ1) is 20.0. The average Bonchev–Trinajstić information content (AvgIpc) is 3.43. The lowest BCUT2D eigenvalue weighted by Crippen LogP contribution is -2.33. The van der Waals surface area contributed by atoms with Crippen LogP contribution in [0.15, 0.2) is 47.2 Å². The number of hydrogen-bond donors (Lipinski definition) is 3. The number of H-pyrrole nitrogens is 1. The van der Waals surface area contributed by atoms with Gasteiger partial charge in [-0.25, -0.2) is 4.79 Å². The Morgan fingerprint density at radius 2 is 2.13 bits per heavy atom. The minimum absolute atomic E-state index is 0.0784. The zero-order chi connectivity index (χ0) is 21.1. The third kappa shape index (κ3) is 4.33. The Morgan fingerprint density at radius 1 is 1.27 bits per heavy atom. The minimum Gasteiger partial charge on any atom is -0.467 e. The lowest BCUT2D eigenvalue weighted by Gasteiger charge is -2.11. The number of aromatic amines is 1. The van der Waals surface area contributed by atoms with E-state index in [1.807, 2.05) is 24.4 Å². The molecule has 30 heavy (non-hydrogen) atoms. The Bertz CT molecular complexity index is 1080. The normalized spacial score (nSPS) is 16.3. The summed E-state index contributed by atoms with van der Waals surface area (Å²) in [6.07, 6.45) is 4.44. The van der Waals surface area contributed by atoms with Crippen molar-refractivity contribution in [1.29, 1.82) is 0 Å². The number of imide groups is 1. The van der Waals surface area contributed by atoms with Crippen molar-refractivity contribution >= 4 is 40.3 Å². The van der Waals surface area contributed by atoms with Gasteiger partial charge in [-0.3, -0.25) is 14.5 Å². The van der Waals surface area contributed by atoms with Crippen LogP contribution in [0.3, 0.4) is 0 Å². The molecule has 1 aliphatic heterocycles. The average molecular weight is 429 g/mol. The molecule has 156 valence electrons. The van der Waals surface area contributed by atoms with Crippen molar-refractivity contribution in [2.45, 2.75) is 31.8 Å². The largest absolute Gasteiger partial charge is 0.467 e. The molecule has 0 spiro atoms. The first-order valence-electron chi connectivity index (χ1n) is 9.68. The number of benzene rings is 1. The predicted octanol–water partition coefficient (Wildman–Crippen LogP) is 2.97. The molecule has 4 amide bonds. The fourth-order valence-corrected chi connectivity index (χ4v) is 3.71. The molecule has 1 aliphatic rings. The molecule has 1 unspecified atom stereocenters. The summed E-state index contributed by atoms with van der Waals surface area (Å²) >= 11 is 6.06. The number of amides is 4. The topological polar surface area (TPSA) is 107 Å². The van der Waals surface area contributed by atoms with E-state index in [9.17, 15) is 14.4 Å². The van der Waals surface area contributed by atoms with Crippen LogP contribution < -0.4 is 10.6 Å². The molecule has 0 bridgehead atoms. The number of halogens is 1. The van der Waals surface area contributed by atoms with Crippen molar-refractivity contribution in [2.75, 3.05) is 6.54 Å². The zero-order valence-corrected chi connectivity index (χ0v) is 16.9. The molecule has 1 fully saturated rings. The quantitative estimate of drug-likeness (QED) is 0.479. The predicted molar refractivity (Wildman–Crippen MR) is 111 cm³/mol. The number of fused-ring (bicyclic) bond motifs is 1. The van der Waals surface area contributed by atoms with Crippen molar-refractivity contribution in [3.63, 3.8) is 0 Å². The van der Waals surface area contributed by atoms with E-state index in [0.29, 0.717) is 23.7 Å². The highest BCUT2D eigenvalue weighted by Gasteiger charge is 2.38. The van der Waals surface area contributed by atoms with Gasteiger partial charge in [0.1, 0.15) is 11.8 Å². The van der Waals surface area contributed by atoms with Crippen molar-refractivity contribution in [3.8, 4) is 0 Å². The molecule has 0 aliphatic carbocycles. The van der Waals surface area contributed by atoms with E-state index in [2.05, 4.69) is 15.6 Å². The second kappa shape index (κ2) is 8.62.